The molecule has 0 saturated heterocycles. The van der Waals surface area contributed by atoms with Gasteiger partial charge in [-0.1, -0.05) is 25.1 Å². The molecule has 0 saturated carbocycles. The normalized spacial score (nSPS) is 18.6. The van der Waals surface area contributed by atoms with Crippen molar-refractivity contribution >= 4 is 22.9 Å². The van der Waals surface area contributed by atoms with Gasteiger partial charge in [0.25, 0.3) is 5.91 Å². The molecule has 1 aromatic heterocycles. The van der Waals surface area contributed by atoms with Gasteiger partial charge in [-0.2, -0.15) is 0 Å². The van der Waals surface area contributed by atoms with Gasteiger partial charge in [0.15, 0.2) is 0 Å². The Kier molecular flexibility index (Phi) is 2.30. The lowest BCUT2D eigenvalue weighted by molar-refractivity contribution is 0.0993. The molecule has 0 spiro atoms. The molecule has 1 aromatic carbocycles. The van der Waals surface area contributed by atoms with Gasteiger partial charge >= 0.3 is 0 Å². The molecular weight excluding hydrogens is 230 g/mol. The predicted octanol–water partition coefficient (Wildman–Crippen LogP) is 3.49. The summed E-state index contributed by atoms with van der Waals surface area (Å²) in [6, 6.07) is 10.1. The van der Waals surface area contributed by atoms with Crippen LogP contribution in [0.25, 0.3) is 0 Å². The summed E-state index contributed by atoms with van der Waals surface area (Å²) in [6.07, 6.45) is 0. The minimum absolute atomic E-state index is 0.0954. The average molecular weight is 243 g/mol. The van der Waals surface area contributed by atoms with E-state index >= 15 is 0 Å². The molecule has 1 aliphatic heterocycles. The van der Waals surface area contributed by atoms with Crippen molar-refractivity contribution in [2.45, 2.75) is 12.8 Å². The first-order valence-corrected chi connectivity index (χ1v) is 6.52. The molecule has 3 heteroatoms. The van der Waals surface area contributed by atoms with Crippen molar-refractivity contribution in [3.63, 3.8) is 0 Å². The number of anilines is 1. The van der Waals surface area contributed by atoms with Crippen LogP contribution in [0.2, 0.25) is 0 Å². The molecule has 2 aromatic rings. The molecule has 1 unspecified atom stereocenters. The Hall–Kier alpha value is -1.61. The van der Waals surface area contributed by atoms with Gasteiger partial charge in [0.05, 0.1) is 5.56 Å². The number of amides is 1. The van der Waals surface area contributed by atoms with Gasteiger partial charge in [0.2, 0.25) is 0 Å². The summed E-state index contributed by atoms with van der Waals surface area (Å²) in [5.41, 5.74) is 3.10. The van der Waals surface area contributed by atoms with Gasteiger partial charge in [-0.05, 0) is 23.1 Å². The third-order valence-electron chi connectivity index (χ3n) is 3.39. The van der Waals surface area contributed by atoms with Crippen molar-refractivity contribution in [3.05, 3.63) is 51.7 Å². The number of fused-ring (bicyclic) bond motifs is 2. The number of nitrogens with zero attached hydrogens (tertiary/aromatic N) is 1. The van der Waals surface area contributed by atoms with Crippen LogP contribution in [0.1, 0.15) is 33.6 Å². The molecular formula is C14H13NOS. The van der Waals surface area contributed by atoms with E-state index in [-0.39, 0.29) is 11.8 Å². The van der Waals surface area contributed by atoms with Gasteiger partial charge in [-0.15, -0.1) is 11.3 Å². The second kappa shape index (κ2) is 3.70. The zero-order valence-electron chi connectivity index (χ0n) is 9.81. The molecule has 1 amide bonds. The standard InChI is InChI=1S/C14H13NOS/c1-9-10-5-3-4-6-12(10)15(2)14(16)11-7-8-17-13(9)11/h3-9H,1-2H3. The zero-order valence-corrected chi connectivity index (χ0v) is 10.6. The van der Waals surface area contributed by atoms with E-state index in [0.29, 0.717) is 0 Å². The topological polar surface area (TPSA) is 20.3 Å². The Balaban J connectivity index is 2.30. The van der Waals surface area contributed by atoms with E-state index in [4.69, 9.17) is 0 Å². The third-order valence-corrected chi connectivity index (χ3v) is 4.49. The summed E-state index contributed by atoms with van der Waals surface area (Å²) >= 11 is 1.67. The molecule has 86 valence electrons. The second-order valence-electron chi connectivity index (χ2n) is 4.34. The maximum Gasteiger partial charge on any atom is 0.259 e. The number of rotatable bonds is 0. The van der Waals surface area contributed by atoms with Crippen molar-refractivity contribution in [3.8, 4) is 0 Å². The highest BCUT2D eigenvalue weighted by Crippen LogP contribution is 2.39. The van der Waals surface area contributed by atoms with Crippen molar-refractivity contribution in [2.75, 3.05) is 11.9 Å². The summed E-state index contributed by atoms with van der Waals surface area (Å²) < 4.78 is 0. The maximum atomic E-state index is 12.3. The molecule has 1 atom stereocenters. The number of carbonyl (C=O) groups excluding carboxylic acids is 1. The monoisotopic (exact) mass is 243 g/mol. The lowest BCUT2D eigenvalue weighted by Gasteiger charge is -2.18. The Morgan fingerprint density at radius 2 is 2.00 bits per heavy atom. The first-order valence-electron chi connectivity index (χ1n) is 5.64. The molecule has 0 fully saturated rings. The van der Waals surface area contributed by atoms with E-state index in [0.717, 1.165) is 11.3 Å². The maximum absolute atomic E-state index is 12.3. The first-order chi connectivity index (χ1) is 8.20. The largest absolute Gasteiger partial charge is 0.311 e. The van der Waals surface area contributed by atoms with Crippen LogP contribution in [0.5, 0.6) is 0 Å². The fourth-order valence-corrected chi connectivity index (χ4v) is 3.39. The number of carbonyl (C=O) groups is 1. The van der Waals surface area contributed by atoms with E-state index < -0.39 is 0 Å². The highest BCUT2D eigenvalue weighted by atomic mass is 32.1. The smallest absolute Gasteiger partial charge is 0.259 e. The number of hydrogen-bond acceptors (Lipinski definition) is 2. The van der Waals surface area contributed by atoms with Crippen LogP contribution in [0.4, 0.5) is 5.69 Å². The van der Waals surface area contributed by atoms with Gasteiger partial charge in [0, 0.05) is 23.5 Å². The second-order valence-corrected chi connectivity index (χ2v) is 5.29. The lowest BCUT2D eigenvalue weighted by atomic mass is 9.97. The van der Waals surface area contributed by atoms with E-state index in [1.54, 1.807) is 16.2 Å². The molecule has 1 aliphatic rings. The molecule has 0 aliphatic carbocycles. The van der Waals surface area contributed by atoms with E-state index in [1.165, 1.54) is 10.4 Å². The Morgan fingerprint density at radius 3 is 2.82 bits per heavy atom. The van der Waals surface area contributed by atoms with Gasteiger partial charge in [-0.25, -0.2) is 0 Å². The minimum atomic E-state index is 0.0954. The zero-order chi connectivity index (χ0) is 12.0. The number of hydrogen-bond donors (Lipinski definition) is 0. The van der Waals surface area contributed by atoms with Crippen LogP contribution in [0.15, 0.2) is 35.7 Å². The van der Waals surface area contributed by atoms with Crippen molar-refractivity contribution < 1.29 is 4.79 Å². The SMILES string of the molecule is CC1c2ccccc2N(C)C(=O)c2ccsc21. The molecule has 2 heterocycles. The van der Waals surface area contributed by atoms with Crippen LogP contribution in [0.3, 0.4) is 0 Å². The van der Waals surface area contributed by atoms with E-state index in [1.807, 2.05) is 36.7 Å². The van der Waals surface area contributed by atoms with Gasteiger partial charge in [0.1, 0.15) is 0 Å². The number of benzene rings is 1. The van der Waals surface area contributed by atoms with Crippen LogP contribution < -0.4 is 4.90 Å². The molecule has 2 nitrogen and oxygen atoms in total. The summed E-state index contributed by atoms with van der Waals surface area (Å²) in [7, 11) is 1.85. The molecule has 0 radical (unpaired) electrons. The Labute approximate surface area is 105 Å². The lowest BCUT2D eigenvalue weighted by Crippen LogP contribution is -2.25. The van der Waals surface area contributed by atoms with Crippen molar-refractivity contribution in [2.24, 2.45) is 0 Å². The van der Waals surface area contributed by atoms with Crippen molar-refractivity contribution in [1.29, 1.82) is 0 Å². The summed E-state index contributed by atoms with van der Waals surface area (Å²) in [5, 5.41) is 2.00. The number of para-hydroxylation sites is 1. The van der Waals surface area contributed by atoms with E-state index in [9.17, 15) is 4.79 Å². The fourth-order valence-electron chi connectivity index (χ4n) is 2.42. The van der Waals surface area contributed by atoms with Crippen LogP contribution in [-0.2, 0) is 0 Å². The van der Waals surface area contributed by atoms with Crippen LogP contribution in [-0.4, -0.2) is 13.0 Å². The highest BCUT2D eigenvalue weighted by Gasteiger charge is 2.28. The van der Waals surface area contributed by atoms with Crippen LogP contribution >= 0.6 is 11.3 Å². The minimum Gasteiger partial charge on any atom is -0.311 e. The molecule has 0 bridgehead atoms. The summed E-state index contributed by atoms with van der Waals surface area (Å²) in [5.74, 6) is 0.383. The van der Waals surface area contributed by atoms with Crippen LogP contribution in [0, 0.1) is 0 Å². The van der Waals surface area contributed by atoms with Crippen molar-refractivity contribution in [1.82, 2.24) is 0 Å². The highest BCUT2D eigenvalue weighted by molar-refractivity contribution is 7.10. The molecule has 17 heavy (non-hydrogen) atoms. The quantitative estimate of drug-likeness (QED) is 0.693. The summed E-state index contributed by atoms with van der Waals surface area (Å²) in [6.45, 7) is 2.17. The number of thiophene rings is 1. The molecule has 0 N–H and O–H groups in total. The Bertz CT molecular complexity index is 587. The Morgan fingerprint density at radius 1 is 1.24 bits per heavy atom. The van der Waals surface area contributed by atoms with Gasteiger partial charge < -0.3 is 4.90 Å². The average Bonchev–Trinajstić information content (AvgIpc) is 2.82. The molecule has 3 rings (SSSR count). The fraction of sp³-hybridized carbons (Fsp3) is 0.214. The van der Waals surface area contributed by atoms with Gasteiger partial charge in [-0.3, -0.25) is 4.79 Å². The summed E-state index contributed by atoms with van der Waals surface area (Å²) in [4.78, 5) is 15.3. The van der Waals surface area contributed by atoms with E-state index in [2.05, 4.69) is 13.0 Å². The first kappa shape index (κ1) is 10.5. The third kappa shape index (κ3) is 1.42. The predicted molar refractivity (Wildman–Crippen MR) is 71.0 cm³/mol.